The quantitative estimate of drug-likeness (QED) is 0.685. The predicted molar refractivity (Wildman–Crippen MR) is 64.7 cm³/mol. The zero-order valence-corrected chi connectivity index (χ0v) is 11.0. The van der Waals surface area contributed by atoms with Gasteiger partial charge in [0, 0.05) is 26.7 Å². The van der Waals surface area contributed by atoms with Gasteiger partial charge < -0.3 is 14.8 Å². The highest BCUT2D eigenvalue weighted by Gasteiger charge is 2.15. The Kier molecular flexibility index (Phi) is 6.31. The first kappa shape index (κ1) is 14.6. The van der Waals surface area contributed by atoms with Crippen LogP contribution in [-0.2, 0) is 20.8 Å². The van der Waals surface area contributed by atoms with Gasteiger partial charge in [0.05, 0.1) is 12.7 Å². The van der Waals surface area contributed by atoms with Crippen molar-refractivity contribution in [1.29, 1.82) is 0 Å². The van der Waals surface area contributed by atoms with Crippen molar-refractivity contribution < 1.29 is 14.3 Å². The molecular weight excluding hydrogens is 236 g/mol. The van der Waals surface area contributed by atoms with Crippen molar-refractivity contribution in [1.82, 2.24) is 20.3 Å². The fourth-order valence-corrected chi connectivity index (χ4v) is 1.40. The van der Waals surface area contributed by atoms with Gasteiger partial charge in [0.25, 0.3) is 0 Å². The summed E-state index contributed by atoms with van der Waals surface area (Å²) in [6.07, 6.45) is 1.28. The molecule has 1 rings (SSSR count). The van der Waals surface area contributed by atoms with Gasteiger partial charge in [0.15, 0.2) is 0 Å². The van der Waals surface area contributed by atoms with E-state index in [0.717, 1.165) is 0 Å². The first-order chi connectivity index (χ1) is 8.67. The Morgan fingerprint density at radius 1 is 1.44 bits per heavy atom. The van der Waals surface area contributed by atoms with E-state index in [1.165, 1.54) is 6.92 Å². The van der Waals surface area contributed by atoms with Crippen molar-refractivity contribution in [3.05, 3.63) is 11.9 Å². The van der Waals surface area contributed by atoms with E-state index in [0.29, 0.717) is 32.0 Å². The predicted octanol–water partition coefficient (Wildman–Crippen LogP) is 0.486. The maximum absolute atomic E-state index is 10.7. The van der Waals surface area contributed by atoms with Gasteiger partial charge in [0.1, 0.15) is 5.69 Å². The molecular formula is C11H20N4O3. The lowest BCUT2D eigenvalue weighted by atomic mass is 10.4. The molecule has 18 heavy (non-hydrogen) atoms. The molecule has 0 bridgehead atoms. The molecule has 0 radical (unpaired) electrons. The molecule has 1 amide bonds. The monoisotopic (exact) mass is 256 g/mol. The number of carbonyl (C=O) groups excluding carboxylic acids is 1. The number of hydrogen-bond acceptors (Lipinski definition) is 5. The summed E-state index contributed by atoms with van der Waals surface area (Å²) >= 11 is 0. The molecule has 0 fully saturated rings. The summed E-state index contributed by atoms with van der Waals surface area (Å²) in [4.78, 5) is 10.7. The Labute approximate surface area is 106 Å². The van der Waals surface area contributed by atoms with Gasteiger partial charge in [-0.3, -0.25) is 9.48 Å². The van der Waals surface area contributed by atoms with E-state index in [4.69, 9.17) is 9.47 Å². The van der Waals surface area contributed by atoms with Gasteiger partial charge >= 0.3 is 0 Å². The lowest BCUT2D eigenvalue weighted by molar-refractivity contribution is -0.142. The van der Waals surface area contributed by atoms with E-state index in [2.05, 4.69) is 15.6 Å². The van der Waals surface area contributed by atoms with Gasteiger partial charge in [0.2, 0.25) is 12.2 Å². The largest absolute Gasteiger partial charge is 0.354 e. The van der Waals surface area contributed by atoms with Crippen LogP contribution in [0.5, 0.6) is 0 Å². The molecule has 0 spiro atoms. The third kappa shape index (κ3) is 4.80. The van der Waals surface area contributed by atoms with Crippen molar-refractivity contribution in [3.8, 4) is 0 Å². The van der Waals surface area contributed by atoms with E-state index in [-0.39, 0.29) is 5.91 Å². The third-order valence-corrected chi connectivity index (χ3v) is 2.15. The van der Waals surface area contributed by atoms with Crippen molar-refractivity contribution >= 4 is 5.91 Å². The van der Waals surface area contributed by atoms with Crippen molar-refractivity contribution in [2.24, 2.45) is 0 Å². The number of carbonyl (C=O) groups is 1. The minimum absolute atomic E-state index is 0.0585. The molecule has 1 N–H and O–H groups in total. The zero-order chi connectivity index (χ0) is 13.4. The van der Waals surface area contributed by atoms with Crippen LogP contribution in [0.15, 0.2) is 6.20 Å². The lowest BCUT2D eigenvalue weighted by Gasteiger charge is -2.13. The Bertz CT molecular complexity index is 361. The maximum atomic E-state index is 10.7. The second kappa shape index (κ2) is 7.78. The maximum Gasteiger partial charge on any atom is 0.216 e. The van der Waals surface area contributed by atoms with Crippen LogP contribution >= 0.6 is 0 Å². The van der Waals surface area contributed by atoms with Crippen molar-refractivity contribution in [2.45, 2.75) is 33.6 Å². The van der Waals surface area contributed by atoms with E-state index in [1.54, 1.807) is 10.9 Å². The first-order valence-electron chi connectivity index (χ1n) is 6.05. The summed E-state index contributed by atoms with van der Waals surface area (Å²) < 4.78 is 12.5. The Morgan fingerprint density at radius 2 is 2.11 bits per heavy atom. The summed E-state index contributed by atoms with van der Waals surface area (Å²) in [5.41, 5.74) is 0.640. The van der Waals surface area contributed by atoms with Gasteiger partial charge in [-0.2, -0.15) is 0 Å². The molecule has 0 aliphatic heterocycles. The van der Waals surface area contributed by atoms with Crippen LogP contribution in [0.2, 0.25) is 0 Å². The normalized spacial score (nSPS) is 10.9. The lowest BCUT2D eigenvalue weighted by Crippen LogP contribution is -2.24. The Morgan fingerprint density at radius 3 is 2.67 bits per heavy atom. The number of aromatic nitrogens is 3. The van der Waals surface area contributed by atoms with Gasteiger partial charge in [-0.1, -0.05) is 5.21 Å². The molecule has 0 saturated heterocycles. The van der Waals surface area contributed by atoms with Gasteiger partial charge in [-0.15, -0.1) is 5.10 Å². The van der Waals surface area contributed by atoms with Crippen molar-refractivity contribution in [3.63, 3.8) is 0 Å². The Hall–Kier alpha value is -1.47. The molecule has 1 aromatic heterocycles. The summed E-state index contributed by atoms with van der Waals surface area (Å²) in [6, 6.07) is 0. The highest BCUT2D eigenvalue weighted by Crippen LogP contribution is 2.15. The van der Waals surface area contributed by atoms with Crippen molar-refractivity contribution in [2.75, 3.05) is 19.8 Å². The number of nitrogens with zero attached hydrogens (tertiary/aromatic N) is 3. The number of ether oxygens (including phenoxy) is 2. The van der Waals surface area contributed by atoms with E-state index in [1.807, 2.05) is 13.8 Å². The molecule has 0 unspecified atom stereocenters. The summed E-state index contributed by atoms with van der Waals surface area (Å²) in [5, 5.41) is 10.6. The van der Waals surface area contributed by atoms with Crippen LogP contribution in [0, 0.1) is 0 Å². The topological polar surface area (TPSA) is 78.3 Å². The SMILES string of the molecule is CCOC(OCC)c1cn(CCNC(C)=O)nn1. The summed E-state index contributed by atoms with van der Waals surface area (Å²) in [7, 11) is 0. The first-order valence-corrected chi connectivity index (χ1v) is 6.05. The van der Waals surface area contributed by atoms with Crippen LogP contribution in [0.4, 0.5) is 0 Å². The fourth-order valence-electron chi connectivity index (χ4n) is 1.40. The zero-order valence-electron chi connectivity index (χ0n) is 11.0. The van der Waals surface area contributed by atoms with Gasteiger partial charge in [-0.05, 0) is 13.8 Å². The van der Waals surface area contributed by atoms with Crippen LogP contribution in [-0.4, -0.2) is 40.7 Å². The van der Waals surface area contributed by atoms with Gasteiger partial charge in [-0.25, -0.2) is 0 Å². The number of amides is 1. The van der Waals surface area contributed by atoms with E-state index in [9.17, 15) is 4.79 Å². The average Bonchev–Trinajstić information content (AvgIpc) is 2.77. The summed E-state index contributed by atoms with van der Waals surface area (Å²) in [6.45, 7) is 7.45. The standard InChI is InChI=1S/C11H20N4O3/c1-4-17-11(18-5-2)10-8-15(14-13-10)7-6-12-9(3)16/h8,11H,4-7H2,1-3H3,(H,12,16). The highest BCUT2D eigenvalue weighted by atomic mass is 16.7. The summed E-state index contributed by atoms with van der Waals surface area (Å²) in [5.74, 6) is -0.0585. The molecule has 0 atom stereocenters. The molecule has 0 aliphatic rings. The number of nitrogens with one attached hydrogen (secondary N) is 1. The molecule has 0 aliphatic carbocycles. The second-order valence-corrected chi connectivity index (χ2v) is 3.63. The third-order valence-electron chi connectivity index (χ3n) is 2.15. The number of hydrogen-bond donors (Lipinski definition) is 1. The Balaban J connectivity index is 2.51. The smallest absolute Gasteiger partial charge is 0.216 e. The molecule has 102 valence electrons. The highest BCUT2D eigenvalue weighted by molar-refractivity contribution is 5.72. The second-order valence-electron chi connectivity index (χ2n) is 3.63. The molecule has 0 aromatic carbocycles. The van der Waals surface area contributed by atoms with Crippen LogP contribution in [0.25, 0.3) is 0 Å². The van der Waals surface area contributed by atoms with E-state index < -0.39 is 6.29 Å². The van der Waals surface area contributed by atoms with Crippen LogP contribution in [0.3, 0.4) is 0 Å². The molecule has 0 saturated carbocycles. The fraction of sp³-hybridized carbons (Fsp3) is 0.727. The number of rotatable bonds is 8. The minimum atomic E-state index is -0.477. The van der Waals surface area contributed by atoms with E-state index >= 15 is 0 Å². The molecule has 1 heterocycles. The minimum Gasteiger partial charge on any atom is -0.354 e. The van der Waals surface area contributed by atoms with Crippen LogP contribution in [0.1, 0.15) is 32.8 Å². The molecule has 7 heteroatoms. The molecule has 1 aromatic rings. The average molecular weight is 256 g/mol. The van der Waals surface area contributed by atoms with Crippen LogP contribution < -0.4 is 5.32 Å². The molecule has 7 nitrogen and oxygen atoms in total.